The van der Waals surface area contributed by atoms with Crippen LogP contribution in [0, 0.1) is 0 Å². The lowest BCUT2D eigenvalue weighted by Gasteiger charge is -2.12. The summed E-state index contributed by atoms with van der Waals surface area (Å²) in [6.07, 6.45) is 0.477. The summed E-state index contributed by atoms with van der Waals surface area (Å²) < 4.78 is 19.0. The Morgan fingerprint density at radius 2 is 1.67 bits per heavy atom. The average molecular weight is 483 g/mol. The fraction of sp³-hybridized carbons (Fsp3) is 0.148. The van der Waals surface area contributed by atoms with Crippen LogP contribution in [0.5, 0.6) is 11.5 Å². The van der Waals surface area contributed by atoms with Crippen LogP contribution in [0.4, 0.5) is 5.69 Å². The maximum Gasteiger partial charge on any atom is 0.332 e. The summed E-state index contributed by atoms with van der Waals surface area (Å²) >= 11 is 0. The van der Waals surface area contributed by atoms with Crippen LogP contribution in [-0.4, -0.2) is 21.8 Å². The molecule has 0 unspecified atom stereocenters. The minimum atomic E-state index is -0.573. The first-order chi connectivity index (χ1) is 17.6. The topological polar surface area (TPSA) is 105 Å². The number of amides is 1. The number of nitrogens with one attached hydrogen (secondary N) is 1. The van der Waals surface area contributed by atoms with Crippen LogP contribution in [0.15, 0.2) is 86.8 Å². The SMILES string of the molecule is O=C(Cn1c(=O)n(CCc2ccccc2)c(=O)c2oc3ccccc3c21)Nc1ccc2c(c1)OCO2. The first kappa shape index (κ1) is 21.7. The first-order valence-corrected chi connectivity index (χ1v) is 11.5. The Bertz CT molecular complexity index is 1730. The molecule has 2 aromatic heterocycles. The smallest absolute Gasteiger partial charge is 0.332 e. The van der Waals surface area contributed by atoms with E-state index in [4.69, 9.17) is 13.9 Å². The molecule has 36 heavy (non-hydrogen) atoms. The summed E-state index contributed by atoms with van der Waals surface area (Å²) in [6.45, 7) is -0.0322. The highest BCUT2D eigenvalue weighted by Gasteiger charge is 2.22. The Kier molecular flexibility index (Phi) is 5.29. The molecule has 6 rings (SSSR count). The zero-order chi connectivity index (χ0) is 24.6. The zero-order valence-corrected chi connectivity index (χ0v) is 19.1. The number of aromatic nitrogens is 2. The van der Waals surface area contributed by atoms with Gasteiger partial charge in [0.25, 0.3) is 5.56 Å². The van der Waals surface area contributed by atoms with E-state index in [0.29, 0.717) is 40.1 Å². The highest BCUT2D eigenvalue weighted by molar-refractivity contribution is 6.03. The predicted octanol–water partition coefficient (Wildman–Crippen LogP) is 3.52. The average Bonchev–Trinajstić information content (AvgIpc) is 3.52. The van der Waals surface area contributed by atoms with Crippen LogP contribution in [0.25, 0.3) is 22.1 Å². The van der Waals surface area contributed by atoms with Crippen LogP contribution in [0.2, 0.25) is 0 Å². The summed E-state index contributed by atoms with van der Waals surface area (Å²) in [5, 5.41) is 3.38. The Balaban J connectivity index is 1.40. The van der Waals surface area contributed by atoms with Gasteiger partial charge in [0.2, 0.25) is 18.3 Å². The minimum Gasteiger partial charge on any atom is -0.454 e. The zero-order valence-electron chi connectivity index (χ0n) is 19.1. The number of rotatable bonds is 6. The number of para-hydroxylation sites is 1. The van der Waals surface area contributed by atoms with Gasteiger partial charge in [0.1, 0.15) is 17.6 Å². The Morgan fingerprint density at radius 1 is 0.889 bits per heavy atom. The van der Waals surface area contributed by atoms with Crippen molar-refractivity contribution < 1.29 is 18.7 Å². The molecule has 0 fully saturated rings. The van der Waals surface area contributed by atoms with Gasteiger partial charge in [0.15, 0.2) is 11.5 Å². The van der Waals surface area contributed by atoms with Crippen molar-refractivity contribution >= 4 is 33.7 Å². The molecule has 1 aliphatic rings. The molecule has 3 heterocycles. The normalized spacial score (nSPS) is 12.3. The molecule has 9 heteroatoms. The molecule has 180 valence electrons. The molecule has 1 N–H and O–H groups in total. The molecule has 0 radical (unpaired) electrons. The summed E-state index contributed by atoms with van der Waals surface area (Å²) in [6, 6.07) is 21.7. The Labute approximate surface area is 204 Å². The number of anilines is 1. The van der Waals surface area contributed by atoms with Crippen LogP contribution >= 0.6 is 0 Å². The monoisotopic (exact) mass is 483 g/mol. The third kappa shape index (κ3) is 3.80. The van der Waals surface area contributed by atoms with Gasteiger partial charge in [-0.15, -0.1) is 0 Å². The van der Waals surface area contributed by atoms with Gasteiger partial charge in [-0.3, -0.25) is 18.7 Å². The number of nitrogens with zero attached hydrogens (tertiary/aromatic N) is 2. The molecule has 0 saturated heterocycles. The third-order valence-electron chi connectivity index (χ3n) is 6.17. The van der Waals surface area contributed by atoms with Crippen molar-refractivity contribution in [2.24, 2.45) is 0 Å². The van der Waals surface area contributed by atoms with Crippen LogP contribution in [0.3, 0.4) is 0 Å². The standard InChI is InChI=1S/C27H21N3O6/c31-23(28-18-10-11-21-22(14-18)35-16-34-21)15-30-24-19-8-4-5-9-20(19)36-25(24)26(32)29(27(30)33)13-12-17-6-2-1-3-7-17/h1-11,14H,12-13,15-16H2,(H,28,31). The Morgan fingerprint density at radius 3 is 2.53 bits per heavy atom. The lowest BCUT2D eigenvalue weighted by Crippen LogP contribution is -2.41. The maximum atomic E-state index is 13.6. The fourth-order valence-electron chi connectivity index (χ4n) is 4.44. The lowest BCUT2D eigenvalue weighted by molar-refractivity contribution is -0.116. The van der Waals surface area contributed by atoms with Crippen molar-refractivity contribution in [3.8, 4) is 11.5 Å². The molecule has 1 aliphatic heterocycles. The van der Waals surface area contributed by atoms with Crippen molar-refractivity contribution in [3.63, 3.8) is 0 Å². The largest absolute Gasteiger partial charge is 0.454 e. The van der Waals surface area contributed by atoms with E-state index >= 15 is 0 Å². The van der Waals surface area contributed by atoms with Gasteiger partial charge in [-0.2, -0.15) is 0 Å². The molecule has 3 aromatic carbocycles. The van der Waals surface area contributed by atoms with Gasteiger partial charge in [-0.05, 0) is 36.2 Å². The number of fused-ring (bicyclic) bond motifs is 4. The second-order valence-electron chi connectivity index (χ2n) is 8.45. The van der Waals surface area contributed by atoms with Crippen LogP contribution < -0.4 is 26.0 Å². The molecule has 9 nitrogen and oxygen atoms in total. The van der Waals surface area contributed by atoms with Crippen molar-refractivity contribution in [2.75, 3.05) is 12.1 Å². The Hall–Kier alpha value is -4.79. The van der Waals surface area contributed by atoms with Crippen molar-refractivity contribution in [1.29, 1.82) is 0 Å². The van der Waals surface area contributed by atoms with E-state index in [2.05, 4.69) is 5.32 Å². The summed E-state index contributed by atoms with van der Waals surface area (Å²) in [5.41, 5.74) is 1.21. The molecule has 0 atom stereocenters. The molecular weight excluding hydrogens is 462 g/mol. The van der Waals surface area contributed by atoms with Gasteiger partial charge in [0, 0.05) is 23.7 Å². The van der Waals surface area contributed by atoms with Gasteiger partial charge >= 0.3 is 5.69 Å². The summed E-state index contributed by atoms with van der Waals surface area (Å²) in [7, 11) is 0. The molecular formula is C27H21N3O6. The number of ether oxygens (including phenoxy) is 2. The van der Waals surface area contributed by atoms with E-state index in [9.17, 15) is 14.4 Å². The molecule has 1 amide bonds. The molecule has 0 bridgehead atoms. The van der Waals surface area contributed by atoms with Gasteiger partial charge in [0.05, 0.1) is 0 Å². The van der Waals surface area contributed by atoms with E-state index < -0.39 is 17.2 Å². The number of furan rings is 1. The van der Waals surface area contributed by atoms with Crippen molar-refractivity contribution in [1.82, 2.24) is 9.13 Å². The summed E-state index contributed by atoms with van der Waals surface area (Å²) in [5.74, 6) is 0.694. The van der Waals surface area contributed by atoms with Crippen LogP contribution in [0.1, 0.15) is 5.56 Å². The van der Waals surface area contributed by atoms with Crippen molar-refractivity contribution in [2.45, 2.75) is 19.5 Å². The molecule has 0 aliphatic carbocycles. The van der Waals surface area contributed by atoms with Crippen molar-refractivity contribution in [3.05, 3.63) is 99.2 Å². The second-order valence-corrected chi connectivity index (χ2v) is 8.45. The van der Waals surface area contributed by atoms with Gasteiger partial charge < -0.3 is 19.2 Å². The van der Waals surface area contributed by atoms with Crippen LogP contribution in [-0.2, 0) is 24.3 Å². The number of hydrogen-bond donors (Lipinski definition) is 1. The lowest BCUT2D eigenvalue weighted by atomic mass is 10.1. The van der Waals surface area contributed by atoms with E-state index in [1.165, 1.54) is 4.57 Å². The number of hydrogen-bond acceptors (Lipinski definition) is 6. The fourth-order valence-corrected chi connectivity index (χ4v) is 4.44. The number of benzene rings is 3. The second kappa shape index (κ2) is 8.77. The quantitative estimate of drug-likeness (QED) is 0.396. The van der Waals surface area contributed by atoms with E-state index in [1.807, 2.05) is 30.3 Å². The highest BCUT2D eigenvalue weighted by atomic mass is 16.7. The molecule has 0 spiro atoms. The maximum absolute atomic E-state index is 13.6. The van der Waals surface area contributed by atoms with Gasteiger partial charge in [-0.25, -0.2) is 4.79 Å². The first-order valence-electron chi connectivity index (χ1n) is 11.5. The third-order valence-corrected chi connectivity index (χ3v) is 6.17. The van der Waals surface area contributed by atoms with E-state index in [1.54, 1.807) is 42.5 Å². The minimum absolute atomic E-state index is 0.0414. The predicted molar refractivity (Wildman–Crippen MR) is 134 cm³/mol. The number of carbonyl (C=O) groups excluding carboxylic acids is 1. The summed E-state index contributed by atoms with van der Waals surface area (Å²) in [4.78, 5) is 39.9. The number of aryl methyl sites for hydroxylation is 1. The highest BCUT2D eigenvalue weighted by Crippen LogP contribution is 2.34. The molecule has 5 aromatic rings. The van der Waals surface area contributed by atoms with Gasteiger partial charge in [-0.1, -0.05) is 42.5 Å². The molecule has 0 saturated carbocycles. The van der Waals surface area contributed by atoms with E-state index in [-0.39, 0.29) is 25.5 Å². The van der Waals surface area contributed by atoms with E-state index in [0.717, 1.165) is 10.1 Å². The number of carbonyl (C=O) groups is 1.